The van der Waals surface area contributed by atoms with Gasteiger partial charge < -0.3 is 12.9 Å². The minimum Gasteiger partial charge on any atom is -0.445 e. The molecule has 1 rings (SSSR count). The first-order chi connectivity index (χ1) is 5.43. The Kier molecular flexibility index (Phi) is 5.73. The van der Waals surface area contributed by atoms with Crippen molar-refractivity contribution in [2.75, 3.05) is 0 Å². The van der Waals surface area contributed by atoms with Crippen LogP contribution in [0.15, 0.2) is 16.9 Å². The van der Waals surface area contributed by atoms with E-state index in [-0.39, 0.29) is 56.9 Å². The molecule has 0 atom stereocenters. The average molecular weight is 278 g/mol. The molecule has 7 heteroatoms. The Labute approximate surface area is 125 Å². The summed E-state index contributed by atoms with van der Waals surface area (Å²) in [5.41, 5.74) is -0.443. The van der Waals surface area contributed by atoms with Crippen LogP contribution < -0.4 is 56.8 Å². The largest absolute Gasteiger partial charge is 1.00 e. The number of halogens is 4. The van der Waals surface area contributed by atoms with Crippen molar-refractivity contribution in [3.8, 4) is 0 Å². The van der Waals surface area contributed by atoms with E-state index in [1.807, 2.05) is 0 Å². The van der Waals surface area contributed by atoms with Crippen molar-refractivity contribution >= 4 is 28.4 Å². The second kappa shape index (κ2) is 5.27. The first-order valence-corrected chi connectivity index (χ1v) is 4.02. The smallest absolute Gasteiger partial charge is 0.445 e. The van der Waals surface area contributed by atoms with Gasteiger partial charge in [0.25, 0.3) is 0 Å². The zero-order valence-electron chi connectivity index (χ0n) is 7.19. The van der Waals surface area contributed by atoms with Gasteiger partial charge in [-0.2, -0.15) is 0 Å². The van der Waals surface area contributed by atoms with Crippen molar-refractivity contribution in [3.05, 3.63) is 22.4 Å². The molecule has 0 bridgehead atoms. The molecule has 1 heterocycles. The zero-order valence-corrected chi connectivity index (χ0v) is 11.9. The van der Waals surface area contributed by atoms with Crippen LogP contribution >= 0.6 is 15.9 Å². The molecule has 66 valence electrons. The van der Waals surface area contributed by atoms with Gasteiger partial charge in [0, 0.05) is 16.9 Å². The van der Waals surface area contributed by atoms with E-state index in [1.165, 1.54) is 13.1 Å². The summed E-state index contributed by atoms with van der Waals surface area (Å²) in [5.74, 6) is 0. The van der Waals surface area contributed by atoms with Crippen molar-refractivity contribution in [2.45, 2.75) is 6.92 Å². The third-order valence-electron chi connectivity index (χ3n) is 1.55. The molecule has 0 aliphatic rings. The van der Waals surface area contributed by atoms with E-state index in [2.05, 4.69) is 20.9 Å². The Morgan fingerprint density at radius 1 is 1.31 bits per heavy atom. The number of rotatable bonds is 1. The van der Waals surface area contributed by atoms with Gasteiger partial charge in [0.1, 0.15) is 0 Å². The van der Waals surface area contributed by atoms with Gasteiger partial charge in [0.05, 0.1) is 0 Å². The molecular weight excluding hydrogens is 273 g/mol. The SMILES string of the molecule is Cc1c(Br)cncc1[B-](F)(F)F.[K+]. The molecule has 0 aliphatic carbocycles. The van der Waals surface area contributed by atoms with Crippen LogP contribution in [0.4, 0.5) is 12.9 Å². The van der Waals surface area contributed by atoms with E-state index < -0.39 is 12.4 Å². The molecule has 0 spiro atoms. The molecule has 13 heavy (non-hydrogen) atoms. The van der Waals surface area contributed by atoms with Crippen LogP contribution in [-0.4, -0.2) is 12.0 Å². The van der Waals surface area contributed by atoms with Gasteiger partial charge in [-0.15, -0.1) is 0 Å². The summed E-state index contributed by atoms with van der Waals surface area (Å²) in [5, 5.41) is 0. The Balaban J connectivity index is 0.00000144. The van der Waals surface area contributed by atoms with Crippen molar-refractivity contribution in [3.63, 3.8) is 0 Å². The van der Waals surface area contributed by atoms with Crippen molar-refractivity contribution in [1.82, 2.24) is 4.98 Å². The summed E-state index contributed by atoms with van der Waals surface area (Å²) in [6.45, 7) is -3.53. The summed E-state index contributed by atoms with van der Waals surface area (Å²) in [6, 6.07) is 0. The van der Waals surface area contributed by atoms with Gasteiger partial charge in [-0.1, -0.05) is 11.0 Å². The maximum absolute atomic E-state index is 12.2. The van der Waals surface area contributed by atoms with E-state index in [0.29, 0.717) is 4.47 Å². The molecule has 0 aromatic carbocycles. The molecule has 0 amide bonds. The first-order valence-electron chi connectivity index (χ1n) is 3.23. The predicted octanol–water partition coefficient (Wildman–Crippen LogP) is -0.789. The van der Waals surface area contributed by atoms with Crippen LogP contribution in [0.2, 0.25) is 0 Å². The summed E-state index contributed by atoms with van der Waals surface area (Å²) < 4.78 is 37.1. The zero-order chi connectivity index (χ0) is 9.35. The number of hydrogen-bond donors (Lipinski definition) is 0. The fourth-order valence-corrected chi connectivity index (χ4v) is 1.19. The van der Waals surface area contributed by atoms with Gasteiger partial charge in [-0.3, -0.25) is 4.98 Å². The molecule has 0 unspecified atom stereocenters. The molecule has 0 saturated heterocycles. The second-order valence-electron chi connectivity index (χ2n) is 2.41. The molecule has 0 aliphatic heterocycles. The van der Waals surface area contributed by atoms with E-state index in [0.717, 1.165) is 6.20 Å². The van der Waals surface area contributed by atoms with Crippen LogP contribution in [0.3, 0.4) is 0 Å². The van der Waals surface area contributed by atoms with E-state index in [1.54, 1.807) is 0 Å². The normalized spacial score (nSPS) is 10.8. The van der Waals surface area contributed by atoms with Gasteiger partial charge in [0.2, 0.25) is 0 Å². The van der Waals surface area contributed by atoms with Crippen molar-refractivity contribution in [1.29, 1.82) is 0 Å². The summed E-state index contributed by atoms with van der Waals surface area (Å²) in [4.78, 5) is 3.46. The fraction of sp³-hybridized carbons (Fsp3) is 0.167. The summed E-state index contributed by atoms with van der Waals surface area (Å²) >= 11 is 2.99. The van der Waals surface area contributed by atoms with E-state index in [9.17, 15) is 12.9 Å². The maximum Gasteiger partial charge on any atom is 1.00 e. The molecule has 1 aromatic heterocycles. The first kappa shape index (κ1) is 14.1. The molecular formula is C6H5BBrF3KN. The van der Waals surface area contributed by atoms with Crippen LogP contribution in [0.5, 0.6) is 0 Å². The Morgan fingerprint density at radius 2 is 1.85 bits per heavy atom. The number of hydrogen-bond acceptors (Lipinski definition) is 1. The Bertz CT molecular complexity index is 304. The number of nitrogens with zero attached hydrogens (tertiary/aromatic N) is 1. The topological polar surface area (TPSA) is 12.9 Å². The third-order valence-corrected chi connectivity index (χ3v) is 2.34. The minimum absolute atomic E-state index is 0. The van der Waals surface area contributed by atoms with Gasteiger partial charge >= 0.3 is 58.4 Å². The fourth-order valence-electron chi connectivity index (χ4n) is 0.845. The van der Waals surface area contributed by atoms with Crippen LogP contribution in [-0.2, 0) is 0 Å². The number of pyridine rings is 1. The monoisotopic (exact) mass is 277 g/mol. The molecule has 0 saturated carbocycles. The van der Waals surface area contributed by atoms with Gasteiger partial charge in [-0.25, -0.2) is 0 Å². The van der Waals surface area contributed by atoms with Gasteiger partial charge in [-0.05, 0) is 22.9 Å². The molecule has 0 N–H and O–H groups in total. The van der Waals surface area contributed by atoms with Crippen molar-refractivity contribution in [2.24, 2.45) is 0 Å². The summed E-state index contributed by atoms with van der Waals surface area (Å²) in [6.07, 6.45) is 2.20. The van der Waals surface area contributed by atoms with Crippen LogP contribution in [0, 0.1) is 6.92 Å². The average Bonchev–Trinajstić information content (AvgIpc) is 1.92. The predicted molar refractivity (Wildman–Crippen MR) is 45.4 cm³/mol. The standard InChI is InChI=1S/C6H5BBrF3N.K/c1-4-5(7(9,10)11)2-12-3-6(4)8;/h2-3H,1H3;/q-1;+1. The quantitative estimate of drug-likeness (QED) is 0.614. The molecule has 0 radical (unpaired) electrons. The van der Waals surface area contributed by atoms with Gasteiger partial charge in [0.15, 0.2) is 0 Å². The Hall–Kier alpha value is 1.12. The van der Waals surface area contributed by atoms with Crippen LogP contribution in [0.1, 0.15) is 5.56 Å². The molecule has 1 aromatic rings. The summed E-state index contributed by atoms with van der Waals surface area (Å²) in [7, 11) is 0. The Morgan fingerprint density at radius 3 is 2.23 bits per heavy atom. The van der Waals surface area contributed by atoms with E-state index >= 15 is 0 Å². The minimum atomic E-state index is -4.94. The molecule has 0 fully saturated rings. The second-order valence-corrected chi connectivity index (χ2v) is 3.26. The molecule has 1 nitrogen and oxygen atoms in total. The third kappa shape index (κ3) is 3.64. The van der Waals surface area contributed by atoms with Crippen molar-refractivity contribution < 1.29 is 64.3 Å². The van der Waals surface area contributed by atoms with E-state index in [4.69, 9.17) is 0 Å². The maximum atomic E-state index is 12.2. The number of aromatic nitrogens is 1. The van der Waals surface area contributed by atoms with Crippen LogP contribution in [0.25, 0.3) is 0 Å².